The average Bonchev–Trinajstić information content (AvgIpc) is 2.73. The first kappa shape index (κ1) is 15.2. The van der Waals surface area contributed by atoms with Crippen LogP contribution in [0, 0.1) is 0 Å². The van der Waals surface area contributed by atoms with E-state index in [0.717, 1.165) is 10.8 Å². The van der Waals surface area contributed by atoms with Crippen molar-refractivity contribution in [2.24, 2.45) is 0 Å². The monoisotopic (exact) mass is 308 g/mol. The number of aromatic nitrogens is 2. The van der Waals surface area contributed by atoms with Crippen LogP contribution in [0.4, 0.5) is 8.78 Å². The van der Waals surface area contributed by atoms with Crippen LogP contribution in [-0.4, -0.2) is 44.2 Å². The van der Waals surface area contributed by atoms with Crippen molar-refractivity contribution in [3.05, 3.63) is 32.6 Å². The average molecular weight is 308 g/mol. The maximum atomic E-state index is 12.4. The van der Waals surface area contributed by atoms with Crippen molar-refractivity contribution in [1.82, 2.24) is 9.55 Å². The van der Waals surface area contributed by atoms with Gasteiger partial charge in [0.2, 0.25) is 6.43 Å². The molecule has 1 fully saturated rings. The highest BCUT2D eigenvalue weighted by Gasteiger charge is 2.35. The van der Waals surface area contributed by atoms with Gasteiger partial charge >= 0.3 is 5.69 Å². The van der Waals surface area contributed by atoms with Crippen molar-refractivity contribution in [3.8, 4) is 0 Å². The first-order valence-corrected chi connectivity index (χ1v) is 6.93. The van der Waals surface area contributed by atoms with Crippen LogP contribution in [0.25, 0.3) is 0 Å². The van der Waals surface area contributed by atoms with Gasteiger partial charge in [-0.2, -0.15) is 0 Å². The second-order valence-corrected chi connectivity index (χ2v) is 5.95. The number of aliphatic hydroxyl groups excluding tert-OH is 2. The van der Waals surface area contributed by atoms with Crippen molar-refractivity contribution in [2.75, 3.05) is 6.61 Å². The molecule has 9 heteroatoms. The molecule has 3 atom stereocenters. The fourth-order valence-electron chi connectivity index (χ4n) is 2.10. The van der Waals surface area contributed by atoms with Gasteiger partial charge in [-0.1, -0.05) is 0 Å². The van der Waals surface area contributed by atoms with E-state index in [-0.39, 0.29) is 18.6 Å². The molecular formula is C11H14F2N2O4S. The van der Waals surface area contributed by atoms with Crippen LogP contribution in [0.1, 0.15) is 17.4 Å². The molecule has 0 saturated carbocycles. The zero-order chi connectivity index (χ0) is 14.9. The normalized spacial score (nSPS) is 26.4. The van der Waals surface area contributed by atoms with Crippen molar-refractivity contribution in [2.45, 2.75) is 36.0 Å². The first-order valence-electron chi connectivity index (χ1n) is 5.99. The molecule has 2 heterocycles. The zero-order valence-corrected chi connectivity index (χ0v) is 11.1. The van der Waals surface area contributed by atoms with Gasteiger partial charge in [-0.25, -0.2) is 13.6 Å². The smallest absolute Gasteiger partial charge is 0.329 e. The number of thioether (sulfide) groups is 1. The van der Waals surface area contributed by atoms with E-state index in [9.17, 15) is 23.5 Å². The standard InChI is InChI=1S/C11H14F2N2O4S/c12-8(13)1-5-3-15(11(19)14-10(5)18)9-2-6(17)7(4-16)20-9/h3,6-9,16-17H,1-2,4H2,(H,14,18,19)/t6-,7+,9+/m0/s1. The number of hydrogen-bond donors (Lipinski definition) is 3. The molecule has 0 aromatic carbocycles. The SMILES string of the molecule is O=c1[nH]c(=O)n([C@H]2C[C@H](O)[C@@H](CO)S2)cc1CC(F)F. The largest absolute Gasteiger partial charge is 0.395 e. The number of nitrogens with one attached hydrogen (secondary N) is 1. The van der Waals surface area contributed by atoms with Crippen LogP contribution in [0.2, 0.25) is 0 Å². The predicted molar refractivity (Wildman–Crippen MR) is 69.2 cm³/mol. The molecule has 0 bridgehead atoms. The van der Waals surface area contributed by atoms with Gasteiger partial charge in [0.15, 0.2) is 0 Å². The second-order valence-electron chi connectivity index (χ2n) is 4.53. The summed E-state index contributed by atoms with van der Waals surface area (Å²) in [5.74, 6) is 0. The number of aliphatic hydroxyl groups is 2. The summed E-state index contributed by atoms with van der Waals surface area (Å²) < 4.78 is 25.9. The minimum Gasteiger partial charge on any atom is -0.395 e. The van der Waals surface area contributed by atoms with Gasteiger partial charge in [0.25, 0.3) is 5.56 Å². The number of rotatable bonds is 4. The van der Waals surface area contributed by atoms with Gasteiger partial charge in [-0.3, -0.25) is 14.3 Å². The number of hydrogen-bond acceptors (Lipinski definition) is 5. The Hall–Kier alpha value is -1.19. The lowest BCUT2D eigenvalue weighted by Crippen LogP contribution is -2.33. The first-order chi connectivity index (χ1) is 9.42. The Labute approximate surface area is 116 Å². The molecule has 0 aliphatic carbocycles. The quantitative estimate of drug-likeness (QED) is 0.710. The summed E-state index contributed by atoms with van der Waals surface area (Å²) in [6.07, 6.45) is -2.90. The Balaban J connectivity index is 2.33. The van der Waals surface area contributed by atoms with Crippen LogP contribution >= 0.6 is 11.8 Å². The molecule has 2 rings (SSSR count). The summed E-state index contributed by atoms with van der Waals surface area (Å²) in [6.45, 7) is -0.246. The number of halogens is 2. The Morgan fingerprint density at radius 3 is 2.75 bits per heavy atom. The van der Waals surface area contributed by atoms with Crippen LogP contribution in [0.15, 0.2) is 15.8 Å². The molecule has 3 N–H and O–H groups in total. The lowest BCUT2D eigenvalue weighted by atomic mass is 10.2. The molecule has 112 valence electrons. The van der Waals surface area contributed by atoms with E-state index in [1.807, 2.05) is 4.98 Å². The minimum atomic E-state index is -2.69. The summed E-state index contributed by atoms with van der Waals surface area (Å²) in [5, 5.41) is 17.8. The molecule has 1 aliphatic rings. The highest BCUT2D eigenvalue weighted by Crippen LogP contribution is 2.40. The maximum absolute atomic E-state index is 12.4. The highest BCUT2D eigenvalue weighted by molar-refractivity contribution is 8.00. The summed E-state index contributed by atoms with van der Waals surface area (Å²) >= 11 is 1.17. The van der Waals surface area contributed by atoms with E-state index < -0.39 is 40.8 Å². The Kier molecular flexibility index (Phi) is 4.61. The van der Waals surface area contributed by atoms with Gasteiger partial charge in [0, 0.05) is 24.6 Å². The van der Waals surface area contributed by atoms with Crippen molar-refractivity contribution in [1.29, 1.82) is 0 Å². The fraction of sp³-hybridized carbons (Fsp3) is 0.636. The minimum absolute atomic E-state index is 0.179. The molecule has 0 spiro atoms. The van der Waals surface area contributed by atoms with Crippen LogP contribution < -0.4 is 11.2 Å². The summed E-state index contributed by atoms with van der Waals surface area (Å²) in [6, 6.07) is 0. The summed E-state index contributed by atoms with van der Waals surface area (Å²) in [5.41, 5.74) is -1.72. The maximum Gasteiger partial charge on any atom is 0.329 e. The van der Waals surface area contributed by atoms with Crippen LogP contribution in [-0.2, 0) is 6.42 Å². The van der Waals surface area contributed by atoms with E-state index in [1.165, 1.54) is 11.8 Å². The van der Waals surface area contributed by atoms with E-state index in [2.05, 4.69) is 0 Å². The van der Waals surface area contributed by atoms with E-state index in [0.29, 0.717) is 0 Å². The molecule has 6 nitrogen and oxygen atoms in total. The van der Waals surface area contributed by atoms with Gasteiger partial charge in [0.05, 0.1) is 23.3 Å². The molecule has 1 saturated heterocycles. The Morgan fingerprint density at radius 1 is 1.50 bits per heavy atom. The van der Waals surface area contributed by atoms with Gasteiger partial charge in [-0.05, 0) is 0 Å². The summed E-state index contributed by atoms with van der Waals surface area (Å²) in [4.78, 5) is 25.2. The second kappa shape index (κ2) is 6.06. The fourth-order valence-corrected chi connectivity index (χ4v) is 3.48. The molecule has 1 aromatic rings. The van der Waals surface area contributed by atoms with Gasteiger partial charge in [-0.15, -0.1) is 11.8 Å². The predicted octanol–water partition coefficient (Wildman–Crippen LogP) is -0.298. The van der Waals surface area contributed by atoms with Gasteiger partial charge < -0.3 is 10.2 Å². The molecule has 0 unspecified atom stereocenters. The Morgan fingerprint density at radius 2 is 2.20 bits per heavy atom. The van der Waals surface area contributed by atoms with Crippen molar-refractivity contribution < 1.29 is 19.0 Å². The molecule has 1 aliphatic heterocycles. The van der Waals surface area contributed by atoms with E-state index in [4.69, 9.17) is 5.11 Å². The lowest BCUT2D eigenvalue weighted by Gasteiger charge is -2.14. The third-order valence-corrected chi connectivity index (χ3v) is 4.66. The topological polar surface area (TPSA) is 95.3 Å². The number of nitrogens with zero attached hydrogens (tertiary/aromatic N) is 1. The third-order valence-electron chi connectivity index (χ3n) is 3.11. The number of alkyl halides is 2. The molecular weight excluding hydrogens is 294 g/mol. The molecule has 1 aromatic heterocycles. The lowest BCUT2D eigenvalue weighted by molar-refractivity contribution is 0.137. The zero-order valence-electron chi connectivity index (χ0n) is 10.3. The highest BCUT2D eigenvalue weighted by atomic mass is 32.2. The molecule has 0 radical (unpaired) electrons. The third kappa shape index (κ3) is 3.10. The Bertz CT molecular complexity index is 589. The molecule has 20 heavy (non-hydrogen) atoms. The van der Waals surface area contributed by atoms with Crippen molar-refractivity contribution >= 4 is 11.8 Å². The molecule has 0 amide bonds. The van der Waals surface area contributed by atoms with Gasteiger partial charge in [0.1, 0.15) is 0 Å². The van der Waals surface area contributed by atoms with E-state index >= 15 is 0 Å². The summed E-state index contributed by atoms with van der Waals surface area (Å²) in [7, 11) is 0. The number of H-pyrrole nitrogens is 1. The van der Waals surface area contributed by atoms with Crippen LogP contribution in [0.3, 0.4) is 0 Å². The van der Waals surface area contributed by atoms with Crippen molar-refractivity contribution in [3.63, 3.8) is 0 Å². The number of aromatic amines is 1. The van der Waals surface area contributed by atoms with Crippen LogP contribution in [0.5, 0.6) is 0 Å². The van der Waals surface area contributed by atoms with E-state index in [1.54, 1.807) is 0 Å².